The van der Waals surface area contributed by atoms with Gasteiger partial charge in [-0.3, -0.25) is 4.79 Å². The van der Waals surface area contributed by atoms with Crippen molar-refractivity contribution in [3.63, 3.8) is 0 Å². The Morgan fingerprint density at radius 3 is 2.82 bits per heavy atom. The maximum atomic E-state index is 12.4. The Kier molecular flexibility index (Phi) is 2.48. The third-order valence-corrected chi connectivity index (χ3v) is 3.80. The van der Waals surface area contributed by atoms with E-state index in [0.717, 1.165) is 53.4 Å². The number of fused-ring (bicyclic) bond motifs is 2. The third-order valence-electron chi connectivity index (χ3n) is 3.50. The lowest BCUT2D eigenvalue weighted by Gasteiger charge is -2.16. The molecule has 0 amide bonds. The summed E-state index contributed by atoms with van der Waals surface area (Å²) >= 11 is 6.21. The van der Waals surface area contributed by atoms with Crippen molar-refractivity contribution in [2.75, 3.05) is 0 Å². The standard InChI is InChI=1S/C14H14ClNO/c1-8-6-10-13(11(15)7-8)16-12-5-3-2-4-9(12)14(10)17/h6-7H,2-5H2,1H3,(H,16,17). The average molecular weight is 248 g/mol. The molecule has 88 valence electrons. The number of hydrogen-bond acceptors (Lipinski definition) is 1. The molecular weight excluding hydrogens is 234 g/mol. The number of aromatic nitrogens is 1. The highest BCUT2D eigenvalue weighted by Gasteiger charge is 2.16. The molecule has 17 heavy (non-hydrogen) atoms. The van der Waals surface area contributed by atoms with Crippen LogP contribution in [0, 0.1) is 6.92 Å². The van der Waals surface area contributed by atoms with Gasteiger partial charge in [-0.1, -0.05) is 11.6 Å². The van der Waals surface area contributed by atoms with Gasteiger partial charge in [-0.05, 0) is 50.3 Å². The Morgan fingerprint density at radius 1 is 1.24 bits per heavy atom. The lowest BCUT2D eigenvalue weighted by atomic mass is 9.94. The summed E-state index contributed by atoms with van der Waals surface area (Å²) in [6.45, 7) is 1.96. The Balaban J connectivity index is 2.44. The SMILES string of the molecule is Cc1cc(Cl)c2[nH]c3c(c(=O)c2c1)CCCC3. The van der Waals surface area contributed by atoms with Gasteiger partial charge in [-0.25, -0.2) is 0 Å². The number of aryl methyl sites for hydroxylation is 2. The smallest absolute Gasteiger partial charge is 0.192 e. The largest absolute Gasteiger partial charge is 0.357 e. The summed E-state index contributed by atoms with van der Waals surface area (Å²) in [7, 11) is 0. The topological polar surface area (TPSA) is 32.9 Å². The first-order chi connectivity index (χ1) is 8.16. The zero-order valence-corrected chi connectivity index (χ0v) is 10.5. The highest BCUT2D eigenvalue weighted by molar-refractivity contribution is 6.35. The molecule has 0 fully saturated rings. The van der Waals surface area contributed by atoms with Crippen molar-refractivity contribution in [3.05, 3.63) is 44.2 Å². The maximum Gasteiger partial charge on any atom is 0.192 e. The van der Waals surface area contributed by atoms with E-state index in [1.165, 1.54) is 0 Å². The van der Waals surface area contributed by atoms with Crippen molar-refractivity contribution < 1.29 is 0 Å². The fraction of sp³-hybridized carbons (Fsp3) is 0.357. The minimum Gasteiger partial charge on any atom is -0.357 e. The molecule has 0 saturated heterocycles. The van der Waals surface area contributed by atoms with Crippen LogP contribution in [0.5, 0.6) is 0 Å². The summed E-state index contributed by atoms with van der Waals surface area (Å²) in [4.78, 5) is 15.8. The molecule has 2 nitrogen and oxygen atoms in total. The molecule has 1 N–H and O–H groups in total. The Hall–Kier alpha value is -1.28. The molecule has 0 radical (unpaired) electrons. The van der Waals surface area contributed by atoms with Crippen molar-refractivity contribution in [3.8, 4) is 0 Å². The third kappa shape index (κ3) is 1.67. The van der Waals surface area contributed by atoms with Crippen LogP contribution in [0.25, 0.3) is 10.9 Å². The molecule has 1 aromatic heterocycles. The number of halogens is 1. The number of hydrogen-bond donors (Lipinski definition) is 1. The van der Waals surface area contributed by atoms with E-state index in [1.54, 1.807) is 0 Å². The van der Waals surface area contributed by atoms with Gasteiger partial charge in [0, 0.05) is 16.6 Å². The number of nitrogens with one attached hydrogen (secondary N) is 1. The second-order valence-electron chi connectivity index (χ2n) is 4.79. The molecule has 0 aliphatic heterocycles. The number of pyridine rings is 1. The molecule has 3 rings (SSSR count). The average Bonchev–Trinajstić information content (AvgIpc) is 2.31. The van der Waals surface area contributed by atoms with E-state index in [-0.39, 0.29) is 5.43 Å². The first-order valence-electron chi connectivity index (χ1n) is 6.00. The molecule has 1 aliphatic carbocycles. The number of aromatic amines is 1. The van der Waals surface area contributed by atoms with Gasteiger partial charge in [-0.15, -0.1) is 0 Å². The maximum absolute atomic E-state index is 12.4. The number of rotatable bonds is 0. The second-order valence-corrected chi connectivity index (χ2v) is 5.19. The minimum atomic E-state index is 0.166. The van der Waals surface area contributed by atoms with Gasteiger partial charge in [0.25, 0.3) is 0 Å². The van der Waals surface area contributed by atoms with Gasteiger partial charge in [0.05, 0.1) is 10.5 Å². The summed E-state index contributed by atoms with van der Waals surface area (Å²) in [6.07, 6.45) is 4.12. The zero-order valence-electron chi connectivity index (χ0n) is 9.77. The van der Waals surface area contributed by atoms with Crippen LogP contribution >= 0.6 is 11.6 Å². The van der Waals surface area contributed by atoms with Crippen molar-refractivity contribution in [1.29, 1.82) is 0 Å². The van der Waals surface area contributed by atoms with E-state index in [9.17, 15) is 4.79 Å². The molecule has 1 aromatic carbocycles. The highest BCUT2D eigenvalue weighted by atomic mass is 35.5. The number of H-pyrrole nitrogens is 1. The molecule has 1 heterocycles. The first-order valence-corrected chi connectivity index (χ1v) is 6.38. The van der Waals surface area contributed by atoms with Crippen molar-refractivity contribution in [1.82, 2.24) is 4.98 Å². The fourth-order valence-electron chi connectivity index (χ4n) is 2.66. The van der Waals surface area contributed by atoms with Gasteiger partial charge in [0.2, 0.25) is 0 Å². The number of benzene rings is 1. The molecule has 3 heteroatoms. The molecule has 0 unspecified atom stereocenters. The van der Waals surface area contributed by atoms with Gasteiger partial charge >= 0.3 is 0 Å². The van der Waals surface area contributed by atoms with Gasteiger partial charge in [-0.2, -0.15) is 0 Å². The molecule has 1 aliphatic rings. The van der Waals surface area contributed by atoms with E-state index in [0.29, 0.717) is 5.02 Å². The molecule has 2 aromatic rings. The first kappa shape index (κ1) is 10.8. The van der Waals surface area contributed by atoms with E-state index < -0.39 is 0 Å². The molecule has 0 atom stereocenters. The highest BCUT2D eigenvalue weighted by Crippen LogP contribution is 2.25. The van der Waals surface area contributed by atoms with E-state index in [4.69, 9.17) is 11.6 Å². The molecule has 0 spiro atoms. The van der Waals surface area contributed by atoms with Crippen LogP contribution in [-0.4, -0.2) is 4.98 Å². The van der Waals surface area contributed by atoms with Crippen molar-refractivity contribution in [2.24, 2.45) is 0 Å². The summed E-state index contributed by atoms with van der Waals surface area (Å²) in [6, 6.07) is 3.82. The van der Waals surface area contributed by atoms with Gasteiger partial charge < -0.3 is 4.98 Å². The molecular formula is C14H14ClNO. The lowest BCUT2D eigenvalue weighted by Crippen LogP contribution is -2.18. The van der Waals surface area contributed by atoms with Gasteiger partial charge in [0.15, 0.2) is 5.43 Å². The summed E-state index contributed by atoms with van der Waals surface area (Å²) in [5, 5.41) is 1.38. The zero-order chi connectivity index (χ0) is 12.0. The van der Waals surface area contributed by atoms with E-state index >= 15 is 0 Å². The van der Waals surface area contributed by atoms with Crippen LogP contribution in [0.3, 0.4) is 0 Å². The monoisotopic (exact) mass is 247 g/mol. The van der Waals surface area contributed by atoms with Crippen LogP contribution in [0.4, 0.5) is 0 Å². The predicted molar refractivity (Wildman–Crippen MR) is 71.0 cm³/mol. The summed E-state index contributed by atoms with van der Waals surface area (Å²) in [5.74, 6) is 0. The summed E-state index contributed by atoms with van der Waals surface area (Å²) < 4.78 is 0. The summed E-state index contributed by atoms with van der Waals surface area (Å²) in [5.41, 5.74) is 4.04. The van der Waals surface area contributed by atoms with Crippen LogP contribution in [0.2, 0.25) is 5.02 Å². The van der Waals surface area contributed by atoms with Crippen LogP contribution < -0.4 is 5.43 Å². The van der Waals surface area contributed by atoms with Crippen molar-refractivity contribution >= 4 is 22.5 Å². The minimum absolute atomic E-state index is 0.166. The molecule has 0 bridgehead atoms. The predicted octanol–water partition coefficient (Wildman–Crippen LogP) is 3.37. The second kappa shape index (κ2) is 3.88. The van der Waals surface area contributed by atoms with Crippen LogP contribution in [0.15, 0.2) is 16.9 Å². The van der Waals surface area contributed by atoms with Crippen LogP contribution in [-0.2, 0) is 12.8 Å². The molecule has 0 saturated carbocycles. The van der Waals surface area contributed by atoms with E-state index in [2.05, 4.69) is 4.98 Å². The Labute approximate surface area is 105 Å². The van der Waals surface area contributed by atoms with Crippen molar-refractivity contribution in [2.45, 2.75) is 32.6 Å². The van der Waals surface area contributed by atoms with E-state index in [1.807, 2.05) is 19.1 Å². The Bertz CT molecular complexity index is 657. The Morgan fingerprint density at radius 2 is 2.00 bits per heavy atom. The fourth-order valence-corrected chi connectivity index (χ4v) is 2.98. The van der Waals surface area contributed by atoms with Crippen LogP contribution in [0.1, 0.15) is 29.7 Å². The lowest BCUT2D eigenvalue weighted by molar-refractivity contribution is 0.667. The quantitative estimate of drug-likeness (QED) is 0.761. The normalized spacial score (nSPS) is 14.9. The van der Waals surface area contributed by atoms with Gasteiger partial charge in [0.1, 0.15) is 0 Å².